The van der Waals surface area contributed by atoms with Crippen LogP contribution < -0.4 is 4.74 Å². The highest BCUT2D eigenvalue weighted by molar-refractivity contribution is 5.37. The van der Waals surface area contributed by atoms with Crippen molar-refractivity contribution in [3.05, 3.63) is 29.6 Å². The Bertz CT molecular complexity index is 488. The largest absolute Gasteiger partial charge is 0.487 e. The van der Waals surface area contributed by atoms with Crippen molar-refractivity contribution in [2.75, 3.05) is 6.61 Å². The topological polar surface area (TPSA) is 47.9 Å². The number of rotatable bonds is 1. The molecule has 19 heavy (non-hydrogen) atoms. The van der Waals surface area contributed by atoms with Gasteiger partial charge in [-0.05, 0) is 32.0 Å². The first-order chi connectivity index (χ1) is 8.94. The Morgan fingerprint density at radius 3 is 2.79 bits per heavy atom. The molecule has 0 aromatic heterocycles. The molecule has 0 saturated carbocycles. The average molecular weight is 268 g/mol. The molecule has 0 bridgehead atoms. The van der Waals surface area contributed by atoms with Crippen LogP contribution in [0, 0.1) is 5.82 Å². The average Bonchev–Trinajstić information content (AvgIpc) is 2.70. The van der Waals surface area contributed by atoms with Crippen molar-refractivity contribution in [1.82, 2.24) is 0 Å². The van der Waals surface area contributed by atoms with E-state index in [1.165, 1.54) is 12.1 Å². The van der Waals surface area contributed by atoms with Crippen LogP contribution >= 0.6 is 0 Å². The summed E-state index contributed by atoms with van der Waals surface area (Å²) in [6.45, 7) is 4.12. The van der Waals surface area contributed by atoms with E-state index in [9.17, 15) is 9.50 Å². The zero-order chi connectivity index (χ0) is 13.6. The third kappa shape index (κ3) is 2.45. The monoisotopic (exact) mass is 268 g/mol. The summed E-state index contributed by atoms with van der Waals surface area (Å²) in [6, 6.07) is 4.18. The molecule has 4 nitrogen and oxygen atoms in total. The first kappa shape index (κ1) is 12.8. The molecule has 0 radical (unpaired) electrons. The lowest BCUT2D eigenvalue weighted by Crippen LogP contribution is -2.39. The molecule has 1 aromatic rings. The Hall–Kier alpha value is -1.17. The summed E-state index contributed by atoms with van der Waals surface area (Å²) in [4.78, 5) is 0. The van der Waals surface area contributed by atoms with Gasteiger partial charge in [-0.1, -0.05) is 0 Å². The molecular weight excluding hydrogens is 251 g/mol. The summed E-state index contributed by atoms with van der Waals surface area (Å²) < 4.78 is 30.2. The number of benzene rings is 1. The highest BCUT2D eigenvalue weighted by Crippen LogP contribution is 2.38. The Balaban J connectivity index is 1.80. The molecular formula is C14H17FO4. The number of aliphatic hydroxyl groups excluding tert-OH is 1. The molecule has 104 valence electrons. The Morgan fingerprint density at radius 1 is 1.32 bits per heavy atom. The normalized spacial score (nSPS) is 32.7. The Labute approximate surface area is 111 Å². The van der Waals surface area contributed by atoms with Crippen molar-refractivity contribution < 1.29 is 23.7 Å². The minimum absolute atomic E-state index is 0.220. The van der Waals surface area contributed by atoms with Gasteiger partial charge in [-0.3, -0.25) is 0 Å². The van der Waals surface area contributed by atoms with E-state index in [2.05, 4.69) is 0 Å². The number of hydrogen-bond acceptors (Lipinski definition) is 4. The number of hydrogen-bond donors (Lipinski definition) is 1. The zero-order valence-corrected chi connectivity index (χ0v) is 10.9. The van der Waals surface area contributed by atoms with E-state index in [4.69, 9.17) is 14.2 Å². The molecule has 1 saturated heterocycles. The summed E-state index contributed by atoms with van der Waals surface area (Å²) >= 11 is 0. The van der Waals surface area contributed by atoms with Gasteiger partial charge in [0.25, 0.3) is 0 Å². The highest BCUT2D eigenvalue weighted by Gasteiger charge is 2.41. The second-order valence-electron chi connectivity index (χ2n) is 5.46. The summed E-state index contributed by atoms with van der Waals surface area (Å²) in [7, 11) is 0. The maximum absolute atomic E-state index is 13.2. The minimum Gasteiger partial charge on any atom is -0.487 e. The van der Waals surface area contributed by atoms with E-state index >= 15 is 0 Å². The van der Waals surface area contributed by atoms with Gasteiger partial charge in [-0.2, -0.15) is 0 Å². The van der Waals surface area contributed by atoms with Gasteiger partial charge in [0.05, 0.1) is 12.7 Å². The van der Waals surface area contributed by atoms with E-state index < -0.39 is 11.9 Å². The summed E-state index contributed by atoms with van der Waals surface area (Å²) in [5.74, 6) is -0.484. The lowest BCUT2D eigenvalue weighted by Gasteiger charge is -2.32. The third-order valence-corrected chi connectivity index (χ3v) is 3.51. The fraction of sp³-hybridized carbons (Fsp3) is 0.571. The van der Waals surface area contributed by atoms with Gasteiger partial charge in [0.1, 0.15) is 23.8 Å². The van der Waals surface area contributed by atoms with Crippen molar-refractivity contribution in [3.8, 4) is 5.75 Å². The van der Waals surface area contributed by atoms with Crippen molar-refractivity contribution in [2.24, 2.45) is 0 Å². The van der Waals surface area contributed by atoms with Gasteiger partial charge < -0.3 is 19.3 Å². The SMILES string of the molecule is CC1(C)OC[C@@H]([C@@H]2C[C@@H](O)c3cc(F)ccc3O2)O1. The van der Waals surface area contributed by atoms with E-state index in [-0.39, 0.29) is 18.0 Å². The molecule has 0 aliphatic carbocycles. The summed E-state index contributed by atoms with van der Waals surface area (Å²) in [5, 5.41) is 10.1. The Kier molecular flexibility index (Phi) is 3.00. The van der Waals surface area contributed by atoms with Crippen LogP contribution in [0.1, 0.15) is 31.9 Å². The van der Waals surface area contributed by atoms with Gasteiger partial charge >= 0.3 is 0 Å². The van der Waals surface area contributed by atoms with Crippen LogP contribution in [0.3, 0.4) is 0 Å². The van der Waals surface area contributed by atoms with Crippen molar-refractivity contribution >= 4 is 0 Å². The number of ether oxygens (including phenoxy) is 3. The van der Waals surface area contributed by atoms with Gasteiger partial charge in [0.15, 0.2) is 5.79 Å². The number of aliphatic hydroxyl groups is 1. The molecule has 1 fully saturated rings. The smallest absolute Gasteiger partial charge is 0.163 e. The molecule has 5 heteroatoms. The second-order valence-corrected chi connectivity index (χ2v) is 5.46. The third-order valence-electron chi connectivity index (χ3n) is 3.51. The van der Waals surface area contributed by atoms with Crippen LogP contribution in [-0.2, 0) is 9.47 Å². The summed E-state index contributed by atoms with van der Waals surface area (Å²) in [6.07, 6.45) is -0.866. The first-order valence-electron chi connectivity index (χ1n) is 6.40. The zero-order valence-electron chi connectivity index (χ0n) is 10.9. The molecule has 2 aliphatic rings. The molecule has 1 aromatic carbocycles. The van der Waals surface area contributed by atoms with E-state index in [1.807, 2.05) is 13.8 Å². The van der Waals surface area contributed by atoms with E-state index in [0.717, 1.165) is 0 Å². The lowest BCUT2D eigenvalue weighted by molar-refractivity contribution is -0.152. The standard InChI is InChI=1S/C14H17FO4/c1-14(2)17-7-13(19-14)12-6-10(16)9-5-8(15)3-4-11(9)18-12/h3-5,10,12-13,16H,6-7H2,1-2H3/t10-,12+,13+/m1/s1. The van der Waals surface area contributed by atoms with E-state index in [1.54, 1.807) is 6.07 Å². The van der Waals surface area contributed by atoms with Crippen molar-refractivity contribution in [1.29, 1.82) is 0 Å². The van der Waals surface area contributed by atoms with Gasteiger partial charge in [0, 0.05) is 12.0 Å². The summed E-state index contributed by atoms with van der Waals surface area (Å²) in [5.41, 5.74) is 0.495. The maximum Gasteiger partial charge on any atom is 0.163 e. The predicted octanol–water partition coefficient (Wildman–Crippen LogP) is 2.16. The molecule has 3 rings (SSSR count). The first-order valence-corrected chi connectivity index (χ1v) is 6.40. The predicted molar refractivity (Wildman–Crippen MR) is 65.3 cm³/mol. The molecule has 2 aliphatic heterocycles. The molecule has 0 amide bonds. The number of fused-ring (bicyclic) bond motifs is 1. The van der Waals surface area contributed by atoms with Crippen LogP contribution in [0.5, 0.6) is 5.75 Å². The van der Waals surface area contributed by atoms with Gasteiger partial charge in [0.2, 0.25) is 0 Å². The van der Waals surface area contributed by atoms with Crippen LogP contribution in [-0.4, -0.2) is 29.7 Å². The van der Waals surface area contributed by atoms with Crippen LogP contribution in [0.25, 0.3) is 0 Å². The fourth-order valence-electron chi connectivity index (χ4n) is 2.57. The lowest BCUT2D eigenvalue weighted by atomic mass is 9.96. The van der Waals surface area contributed by atoms with Gasteiger partial charge in [-0.25, -0.2) is 4.39 Å². The van der Waals surface area contributed by atoms with Crippen molar-refractivity contribution in [2.45, 2.75) is 44.4 Å². The molecule has 3 atom stereocenters. The van der Waals surface area contributed by atoms with Crippen LogP contribution in [0.4, 0.5) is 4.39 Å². The second kappa shape index (κ2) is 4.44. The Morgan fingerprint density at radius 2 is 2.11 bits per heavy atom. The van der Waals surface area contributed by atoms with Crippen LogP contribution in [0.2, 0.25) is 0 Å². The maximum atomic E-state index is 13.2. The van der Waals surface area contributed by atoms with Gasteiger partial charge in [-0.15, -0.1) is 0 Å². The molecule has 0 unspecified atom stereocenters. The van der Waals surface area contributed by atoms with E-state index in [0.29, 0.717) is 24.3 Å². The quantitative estimate of drug-likeness (QED) is 0.848. The number of halogens is 1. The van der Waals surface area contributed by atoms with Crippen LogP contribution in [0.15, 0.2) is 18.2 Å². The fourth-order valence-corrected chi connectivity index (χ4v) is 2.57. The van der Waals surface area contributed by atoms with Crippen molar-refractivity contribution in [3.63, 3.8) is 0 Å². The molecule has 1 N–H and O–H groups in total. The molecule has 2 heterocycles. The minimum atomic E-state index is -0.739. The molecule has 0 spiro atoms. The highest BCUT2D eigenvalue weighted by atomic mass is 19.1.